The Morgan fingerprint density at radius 1 is 1.19 bits per heavy atom. The second-order valence-corrected chi connectivity index (χ2v) is 8.70. The van der Waals surface area contributed by atoms with Crippen LogP contribution >= 0.6 is 15.9 Å². The third kappa shape index (κ3) is 5.11. The number of amides is 2. The van der Waals surface area contributed by atoms with Crippen LogP contribution in [0.4, 0.5) is 4.79 Å². The zero-order valence-electron chi connectivity index (χ0n) is 17.9. The van der Waals surface area contributed by atoms with Crippen LogP contribution < -0.4 is 10.6 Å². The molecule has 2 aliphatic heterocycles. The van der Waals surface area contributed by atoms with E-state index in [1.54, 1.807) is 6.92 Å². The van der Waals surface area contributed by atoms with Crippen LogP contribution in [0.5, 0.6) is 0 Å². The highest BCUT2D eigenvalue weighted by Crippen LogP contribution is 2.30. The molecule has 0 radical (unpaired) electrons. The third-order valence-electron chi connectivity index (χ3n) is 5.65. The topological polar surface area (TPSA) is 70.7 Å². The Morgan fingerprint density at radius 3 is 2.69 bits per heavy atom. The van der Waals surface area contributed by atoms with E-state index in [0.29, 0.717) is 17.8 Å². The summed E-state index contributed by atoms with van der Waals surface area (Å²) in [7, 11) is 0. The first kappa shape index (κ1) is 22.3. The molecule has 166 valence electrons. The van der Waals surface area contributed by atoms with Crippen molar-refractivity contribution in [3.8, 4) is 0 Å². The van der Waals surface area contributed by atoms with E-state index in [9.17, 15) is 9.59 Å². The zero-order chi connectivity index (χ0) is 22.5. The summed E-state index contributed by atoms with van der Waals surface area (Å²) in [6.45, 7) is 4.09. The third-order valence-corrected chi connectivity index (χ3v) is 6.14. The Balaban J connectivity index is 1.61. The molecule has 4 rings (SSSR count). The molecule has 0 bridgehead atoms. The highest BCUT2D eigenvalue weighted by Gasteiger charge is 2.34. The number of hydrogen-bond acceptors (Lipinski definition) is 4. The standard InChI is InChI=1S/C25H26BrN3O3/c1-2-32-24(30)22-21(27-25(31)28-23(22)19-9-6-10-20(26)15-19)16-29-13-11-18(12-14-29)17-7-4-3-5-8-17/h3-11,15,23H,2,12-14,16H2,1H3,(H2,27,28,31)/t23-/m0/s1. The number of urea groups is 1. The Kier molecular flexibility index (Phi) is 7.07. The summed E-state index contributed by atoms with van der Waals surface area (Å²) < 4.78 is 6.24. The van der Waals surface area contributed by atoms with Gasteiger partial charge in [-0.1, -0.05) is 64.5 Å². The van der Waals surface area contributed by atoms with Gasteiger partial charge in [0.2, 0.25) is 0 Å². The Morgan fingerprint density at radius 2 is 2.00 bits per heavy atom. The summed E-state index contributed by atoms with van der Waals surface area (Å²) in [4.78, 5) is 27.7. The molecule has 0 fully saturated rings. The van der Waals surface area contributed by atoms with Crippen LogP contribution in [-0.2, 0) is 9.53 Å². The Bertz CT molecular complexity index is 1070. The average Bonchev–Trinajstić information content (AvgIpc) is 2.80. The first-order chi connectivity index (χ1) is 15.5. The van der Waals surface area contributed by atoms with Crippen molar-refractivity contribution in [1.82, 2.24) is 15.5 Å². The minimum Gasteiger partial charge on any atom is -0.463 e. The van der Waals surface area contributed by atoms with Crippen LogP contribution in [-0.4, -0.2) is 43.1 Å². The quantitative estimate of drug-likeness (QED) is 0.582. The van der Waals surface area contributed by atoms with Gasteiger partial charge in [-0.25, -0.2) is 9.59 Å². The highest BCUT2D eigenvalue weighted by atomic mass is 79.9. The molecular weight excluding hydrogens is 470 g/mol. The molecule has 0 unspecified atom stereocenters. The van der Waals surface area contributed by atoms with Crippen LogP contribution in [0.25, 0.3) is 5.57 Å². The number of halogens is 1. The van der Waals surface area contributed by atoms with E-state index in [4.69, 9.17) is 4.74 Å². The van der Waals surface area contributed by atoms with Gasteiger partial charge in [0, 0.05) is 29.8 Å². The molecule has 0 aromatic heterocycles. The summed E-state index contributed by atoms with van der Waals surface area (Å²) >= 11 is 3.48. The largest absolute Gasteiger partial charge is 0.463 e. The van der Waals surface area contributed by atoms with Gasteiger partial charge in [0.15, 0.2) is 0 Å². The maximum absolute atomic E-state index is 12.9. The van der Waals surface area contributed by atoms with Crippen molar-refractivity contribution in [3.05, 3.63) is 87.5 Å². The van der Waals surface area contributed by atoms with Gasteiger partial charge in [0.05, 0.1) is 18.2 Å². The van der Waals surface area contributed by atoms with Crippen LogP contribution in [0.15, 0.2) is 76.4 Å². The van der Waals surface area contributed by atoms with E-state index in [0.717, 1.165) is 29.5 Å². The number of nitrogens with one attached hydrogen (secondary N) is 2. The summed E-state index contributed by atoms with van der Waals surface area (Å²) in [6, 6.07) is 17.1. The lowest BCUT2D eigenvalue weighted by Gasteiger charge is -2.33. The molecule has 2 amide bonds. The van der Waals surface area contributed by atoms with Gasteiger partial charge >= 0.3 is 12.0 Å². The molecule has 7 heteroatoms. The maximum atomic E-state index is 12.9. The second kappa shape index (κ2) is 10.1. The number of rotatable bonds is 6. The van der Waals surface area contributed by atoms with Crippen molar-refractivity contribution in [2.45, 2.75) is 19.4 Å². The maximum Gasteiger partial charge on any atom is 0.338 e. The molecular formula is C25H26BrN3O3. The van der Waals surface area contributed by atoms with E-state index in [-0.39, 0.29) is 12.6 Å². The number of benzene rings is 2. The summed E-state index contributed by atoms with van der Waals surface area (Å²) in [5.41, 5.74) is 4.42. The van der Waals surface area contributed by atoms with Crippen LogP contribution in [0.3, 0.4) is 0 Å². The van der Waals surface area contributed by atoms with Gasteiger partial charge in [-0.15, -0.1) is 0 Å². The molecule has 2 aromatic rings. The van der Waals surface area contributed by atoms with Gasteiger partial charge in [-0.2, -0.15) is 0 Å². The molecule has 2 aliphatic rings. The van der Waals surface area contributed by atoms with Gasteiger partial charge in [0.1, 0.15) is 0 Å². The van der Waals surface area contributed by atoms with Crippen molar-refractivity contribution in [2.75, 3.05) is 26.2 Å². The van der Waals surface area contributed by atoms with Gasteiger partial charge in [-0.3, -0.25) is 4.90 Å². The SMILES string of the molecule is CCOC(=O)C1=C(CN2CC=C(c3ccccc3)CC2)NC(=O)N[C@H]1c1cccc(Br)c1. The van der Waals surface area contributed by atoms with Gasteiger partial charge in [0.25, 0.3) is 0 Å². The number of nitrogens with zero attached hydrogens (tertiary/aromatic N) is 1. The van der Waals surface area contributed by atoms with Crippen molar-refractivity contribution >= 4 is 33.5 Å². The molecule has 1 atom stereocenters. The zero-order valence-corrected chi connectivity index (χ0v) is 19.5. The molecule has 0 aliphatic carbocycles. The van der Waals surface area contributed by atoms with E-state index >= 15 is 0 Å². The predicted octanol–water partition coefficient (Wildman–Crippen LogP) is 4.41. The summed E-state index contributed by atoms with van der Waals surface area (Å²) in [6.07, 6.45) is 3.13. The molecule has 2 heterocycles. The smallest absolute Gasteiger partial charge is 0.338 e. The Labute approximate surface area is 196 Å². The van der Waals surface area contributed by atoms with E-state index < -0.39 is 12.0 Å². The monoisotopic (exact) mass is 495 g/mol. The summed E-state index contributed by atoms with van der Waals surface area (Å²) in [5, 5.41) is 5.75. The lowest BCUT2D eigenvalue weighted by molar-refractivity contribution is -0.139. The lowest BCUT2D eigenvalue weighted by Crippen LogP contribution is -2.48. The van der Waals surface area contributed by atoms with Crippen molar-refractivity contribution in [2.24, 2.45) is 0 Å². The first-order valence-corrected chi connectivity index (χ1v) is 11.5. The van der Waals surface area contributed by atoms with Crippen molar-refractivity contribution < 1.29 is 14.3 Å². The number of ether oxygens (including phenoxy) is 1. The summed E-state index contributed by atoms with van der Waals surface area (Å²) in [5.74, 6) is -0.419. The number of hydrogen-bond donors (Lipinski definition) is 2. The fraction of sp³-hybridized carbons (Fsp3) is 0.280. The molecule has 0 saturated carbocycles. The molecule has 2 aromatic carbocycles. The van der Waals surface area contributed by atoms with Gasteiger partial charge in [-0.05, 0) is 42.2 Å². The molecule has 0 spiro atoms. The molecule has 0 saturated heterocycles. The fourth-order valence-electron chi connectivity index (χ4n) is 4.12. The predicted molar refractivity (Wildman–Crippen MR) is 128 cm³/mol. The number of carbonyl (C=O) groups excluding carboxylic acids is 2. The minimum absolute atomic E-state index is 0.266. The number of carbonyl (C=O) groups is 2. The molecule has 32 heavy (non-hydrogen) atoms. The lowest BCUT2D eigenvalue weighted by atomic mass is 9.94. The molecule has 2 N–H and O–H groups in total. The molecule has 6 nitrogen and oxygen atoms in total. The van der Waals surface area contributed by atoms with Crippen molar-refractivity contribution in [1.29, 1.82) is 0 Å². The Hall–Kier alpha value is -2.90. The van der Waals surface area contributed by atoms with E-state index in [1.807, 2.05) is 42.5 Å². The van der Waals surface area contributed by atoms with Gasteiger partial charge < -0.3 is 15.4 Å². The van der Waals surface area contributed by atoms with Crippen molar-refractivity contribution in [3.63, 3.8) is 0 Å². The van der Waals surface area contributed by atoms with Crippen LogP contribution in [0.1, 0.15) is 30.5 Å². The average molecular weight is 496 g/mol. The second-order valence-electron chi connectivity index (χ2n) is 7.78. The number of esters is 1. The normalized spacial score (nSPS) is 19.1. The minimum atomic E-state index is -0.574. The van der Waals surface area contributed by atoms with E-state index in [2.05, 4.69) is 49.7 Å². The van der Waals surface area contributed by atoms with E-state index in [1.165, 1.54) is 11.1 Å². The highest BCUT2D eigenvalue weighted by molar-refractivity contribution is 9.10. The fourth-order valence-corrected chi connectivity index (χ4v) is 4.54. The van der Waals surface area contributed by atoms with Crippen LogP contribution in [0, 0.1) is 0 Å². The van der Waals surface area contributed by atoms with Crippen LogP contribution in [0.2, 0.25) is 0 Å². The first-order valence-electron chi connectivity index (χ1n) is 10.7.